The van der Waals surface area contributed by atoms with Crippen LogP contribution in [0.15, 0.2) is 29.4 Å². The average molecular weight is 344 g/mol. The van der Waals surface area contributed by atoms with Gasteiger partial charge >= 0.3 is 0 Å². The number of carbonyl (C=O) groups excluding carboxylic acids is 1. The maximum Gasteiger partial charge on any atom is 0.235 e. The Bertz CT molecular complexity index is 689. The van der Waals surface area contributed by atoms with Gasteiger partial charge in [-0.05, 0) is 32.6 Å². The minimum Gasteiger partial charge on any atom is -0.342 e. The molecule has 3 rings (SSSR count). The number of nitrogens with one attached hydrogen (secondary N) is 1. The molecule has 0 saturated carbocycles. The van der Waals surface area contributed by atoms with E-state index in [1.165, 1.54) is 17.3 Å². The Balaban J connectivity index is 1.61. The fraction of sp³-hybridized carbons (Fsp3) is 0.500. The third-order valence-electron chi connectivity index (χ3n) is 4.52. The van der Waals surface area contributed by atoms with Crippen LogP contribution >= 0.6 is 11.8 Å². The van der Waals surface area contributed by atoms with E-state index >= 15 is 0 Å². The van der Waals surface area contributed by atoms with Crippen LogP contribution in [0.4, 0.5) is 0 Å². The normalized spacial score (nSPS) is 17.0. The number of hydrogen-bond donors (Lipinski definition) is 1. The molecule has 0 bridgehead atoms. The van der Waals surface area contributed by atoms with Crippen LogP contribution < -0.4 is 0 Å². The molecule has 5 nitrogen and oxygen atoms in total. The SMILES string of the molecule is Cc1ccc(-c2nc(S[C@@H](C)C(=O)N3CCC(C)CC3)n[nH]2)cc1. The lowest BCUT2D eigenvalue weighted by Crippen LogP contribution is -2.41. The fourth-order valence-corrected chi connectivity index (χ4v) is 3.64. The number of piperidine rings is 1. The van der Waals surface area contributed by atoms with Crippen molar-refractivity contribution < 1.29 is 4.79 Å². The molecule has 1 aliphatic heterocycles. The summed E-state index contributed by atoms with van der Waals surface area (Å²) in [5.41, 5.74) is 2.21. The van der Waals surface area contributed by atoms with Gasteiger partial charge in [-0.15, -0.1) is 5.10 Å². The monoisotopic (exact) mass is 344 g/mol. The van der Waals surface area contributed by atoms with E-state index in [-0.39, 0.29) is 11.2 Å². The highest BCUT2D eigenvalue weighted by molar-refractivity contribution is 8.00. The second-order valence-corrected chi connectivity index (χ2v) is 7.91. The van der Waals surface area contributed by atoms with Gasteiger partial charge in [0.2, 0.25) is 11.1 Å². The number of likely N-dealkylation sites (tertiary alicyclic amines) is 1. The zero-order chi connectivity index (χ0) is 17.1. The molecular weight excluding hydrogens is 320 g/mol. The zero-order valence-corrected chi connectivity index (χ0v) is 15.3. The quantitative estimate of drug-likeness (QED) is 0.862. The van der Waals surface area contributed by atoms with Crippen molar-refractivity contribution in [2.24, 2.45) is 5.92 Å². The summed E-state index contributed by atoms with van der Waals surface area (Å²) in [6.07, 6.45) is 2.20. The highest BCUT2D eigenvalue weighted by Gasteiger charge is 2.26. The molecule has 1 fully saturated rings. The number of amides is 1. The average Bonchev–Trinajstić information content (AvgIpc) is 3.04. The molecule has 128 valence electrons. The van der Waals surface area contributed by atoms with Gasteiger partial charge in [0.25, 0.3) is 0 Å². The summed E-state index contributed by atoms with van der Waals surface area (Å²) in [4.78, 5) is 19.1. The lowest BCUT2D eigenvalue weighted by molar-refractivity contribution is -0.131. The van der Waals surface area contributed by atoms with Crippen LogP contribution in [0.25, 0.3) is 11.4 Å². The van der Waals surface area contributed by atoms with Gasteiger partial charge in [-0.2, -0.15) is 0 Å². The first-order chi connectivity index (χ1) is 11.5. The predicted octanol–water partition coefficient (Wildman–Crippen LogP) is 3.52. The summed E-state index contributed by atoms with van der Waals surface area (Å²) in [7, 11) is 0. The summed E-state index contributed by atoms with van der Waals surface area (Å²) >= 11 is 1.42. The van der Waals surface area contributed by atoms with Crippen molar-refractivity contribution in [3.05, 3.63) is 29.8 Å². The predicted molar refractivity (Wildman–Crippen MR) is 96.9 cm³/mol. The molecule has 0 unspecified atom stereocenters. The van der Waals surface area contributed by atoms with Crippen LogP contribution in [-0.4, -0.2) is 44.3 Å². The summed E-state index contributed by atoms with van der Waals surface area (Å²) in [6, 6.07) is 8.14. The third kappa shape index (κ3) is 3.98. The number of thioether (sulfide) groups is 1. The molecule has 1 aromatic carbocycles. The molecule has 0 spiro atoms. The minimum absolute atomic E-state index is 0.167. The molecule has 1 amide bonds. The minimum atomic E-state index is -0.167. The van der Waals surface area contributed by atoms with Crippen molar-refractivity contribution in [1.29, 1.82) is 0 Å². The smallest absolute Gasteiger partial charge is 0.235 e. The first kappa shape index (κ1) is 17.0. The maximum absolute atomic E-state index is 12.6. The van der Waals surface area contributed by atoms with Crippen molar-refractivity contribution in [3.63, 3.8) is 0 Å². The van der Waals surface area contributed by atoms with E-state index in [9.17, 15) is 4.79 Å². The lowest BCUT2D eigenvalue weighted by atomic mass is 9.99. The Morgan fingerprint density at radius 2 is 1.96 bits per heavy atom. The molecule has 0 aliphatic carbocycles. The van der Waals surface area contributed by atoms with Gasteiger partial charge in [-0.3, -0.25) is 9.89 Å². The summed E-state index contributed by atoms with van der Waals surface area (Å²) in [5.74, 6) is 1.65. The zero-order valence-electron chi connectivity index (χ0n) is 14.5. The lowest BCUT2D eigenvalue weighted by Gasteiger charge is -2.31. The molecule has 1 saturated heterocycles. The Labute approximate surface area is 147 Å². The maximum atomic E-state index is 12.6. The van der Waals surface area contributed by atoms with E-state index in [1.807, 2.05) is 36.1 Å². The van der Waals surface area contributed by atoms with Gasteiger partial charge in [0, 0.05) is 18.7 Å². The van der Waals surface area contributed by atoms with E-state index < -0.39 is 0 Å². The number of nitrogens with zero attached hydrogens (tertiary/aromatic N) is 3. The summed E-state index contributed by atoms with van der Waals surface area (Å²) in [6.45, 7) is 7.98. The summed E-state index contributed by atoms with van der Waals surface area (Å²) < 4.78 is 0. The van der Waals surface area contributed by atoms with Crippen molar-refractivity contribution in [2.75, 3.05) is 13.1 Å². The molecule has 1 atom stereocenters. The number of rotatable bonds is 4. The molecule has 6 heteroatoms. The highest BCUT2D eigenvalue weighted by atomic mass is 32.2. The molecule has 0 radical (unpaired) electrons. The van der Waals surface area contributed by atoms with E-state index in [0.29, 0.717) is 5.16 Å². The first-order valence-electron chi connectivity index (χ1n) is 8.48. The van der Waals surface area contributed by atoms with Crippen molar-refractivity contribution in [1.82, 2.24) is 20.1 Å². The van der Waals surface area contributed by atoms with Crippen LogP contribution in [-0.2, 0) is 4.79 Å². The Hall–Kier alpha value is -1.82. The molecule has 1 aromatic heterocycles. The number of aromatic nitrogens is 3. The van der Waals surface area contributed by atoms with Crippen LogP contribution in [0.2, 0.25) is 0 Å². The van der Waals surface area contributed by atoms with Gasteiger partial charge in [-0.1, -0.05) is 48.5 Å². The Morgan fingerprint density at radius 1 is 1.29 bits per heavy atom. The number of H-pyrrole nitrogens is 1. The van der Waals surface area contributed by atoms with Crippen molar-refractivity contribution >= 4 is 17.7 Å². The molecule has 1 aliphatic rings. The van der Waals surface area contributed by atoms with Gasteiger partial charge in [-0.25, -0.2) is 4.98 Å². The van der Waals surface area contributed by atoms with Gasteiger partial charge in [0.15, 0.2) is 5.82 Å². The molecule has 2 heterocycles. The van der Waals surface area contributed by atoms with Crippen LogP contribution in [0.3, 0.4) is 0 Å². The third-order valence-corrected chi connectivity index (χ3v) is 5.46. The van der Waals surface area contributed by atoms with Crippen LogP contribution in [0.5, 0.6) is 0 Å². The largest absolute Gasteiger partial charge is 0.342 e. The number of aromatic amines is 1. The van der Waals surface area contributed by atoms with Crippen molar-refractivity contribution in [2.45, 2.75) is 44.0 Å². The topological polar surface area (TPSA) is 61.9 Å². The number of aryl methyl sites for hydroxylation is 1. The standard InChI is InChI=1S/C18H24N4OS/c1-12-4-6-15(7-5-12)16-19-18(21-20-16)24-14(3)17(23)22-10-8-13(2)9-11-22/h4-7,13-14H,8-11H2,1-3H3,(H,19,20,21)/t14-/m0/s1. The molecule has 1 N–H and O–H groups in total. The van der Waals surface area contributed by atoms with Gasteiger partial charge in [0.1, 0.15) is 0 Å². The fourth-order valence-electron chi connectivity index (χ4n) is 2.83. The number of hydrogen-bond acceptors (Lipinski definition) is 4. The second kappa shape index (κ2) is 7.38. The van der Waals surface area contributed by atoms with E-state index in [1.54, 1.807) is 0 Å². The molecule has 24 heavy (non-hydrogen) atoms. The van der Waals surface area contributed by atoms with Gasteiger partial charge < -0.3 is 4.90 Å². The molecular formula is C18H24N4OS. The highest BCUT2D eigenvalue weighted by Crippen LogP contribution is 2.25. The van der Waals surface area contributed by atoms with Crippen LogP contribution in [0.1, 0.15) is 32.3 Å². The van der Waals surface area contributed by atoms with Crippen molar-refractivity contribution in [3.8, 4) is 11.4 Å². The molecule has 2 aromatic rings. The van der Waals surface area contributed by atoms with E-state index in [2.05, 4.69) is 29.0 Å². The summed E-state index contributed by atoms with van der Waals surface area (Å²) in [5, 5.41) is 7.67. The number of carbonyl (C=O) groups is 1. The van der Waals surface area contributed by atoms with Crippen LogP contribution in [0, 0.1) is 12.8 Å². The first-order valence-corrected chi connectivity index (χ1v) is 9.36. The van der Waals surface area contributed by atoms with E-state index in [4.69, 9.17) is 0 Å². The second-order valence-electron chi connectivity index (χ2n) is 6.60. The van der Waals surface area contributed by atoms with Gasteiger partial charge in [0.05, 0.1) is 5.25 Å². The number of benzene rings is 1. The van der Waals surface area contributed by atoms with E-state index in [0.717, 1.165) is 43.2 Å². The Morgan fingerprint density at radius 3 is 2.62 bits per heavy atom. The Kier molecular flexibility index (Phi) is 5.23.